The SMILES string of the molecule is c1nc(CCNCCC2COCCN2)cs1. The Labute approximate surface area is 100 Å². The van der Waals surface area contributed by atoms with Gasteiger partial charge in [0.2, 0.25) is 0 Å². The molecule has 1 aromatic rings. The number of thiazole rings is 1. The van der Waals surface area contributed by atoms with E-state index in [0.29, 0.717) is 6.04 Å². The molecule has 1 saturated heterocycles. The molecule has 1 fully saturated rings. The van der Waals surface area contributed by atoms with E-state index < -0.39 is 0 Å². The third-order valence-corrected chi connectivity index (χ3v) is 3.34. The van der Waals surface area contributed by atoms with Gasteiger partial charge in [0.1, 0.15) is 0 Å². The minimum atomic E-state index is 0.528. The van der Waals surface area contributed by atoms with Crippen LogP contribution in [0.2, 0.25) is 0 Å². The van der Waals surface area contributed by atoms with Gasteiger partial charge < -0.3 is 15.4 Å². The second-order valence-corrected chi connectivity index (χ2v) is 4.71. The zero-order valence-electron chi connectivity index (χ0n) is 9.45. The van der Waals surface area contributed by atoms with Gasteiger partial charge in [-0.15, -0.1) is 11.3 Å². The Bertz CT molecular complexity index is 273. The molecule has 1 unspecified atom stereocenters. The molecule has 0 bridgehead atoms. The predicted octanol–water partition coefficient (Wildman–Crippen LogP) is 0.654. The minimum absolute atomic E-state index is 0.528. The molecule has 2 heterocycles. The monoisotopic (exact) mass is 241 g/mol. The summed E-state index contributed by atoms with van der Waals surface area (Å²) in [5, 5.41) is 9.00. The first-order valence-electron chi connectivity index (χ1n) is 5.84. The van der Waals surface area contributed by atoms with Crippen LogP contribution in [0.3, 0.4) is 0 Å². The van der Waals surface area contributed by atoms with Crippen LogP contribution in [0.1, 0.15) is 12.1 Å². The summed E-state index contributed by atoms with van der Waals surface area (Å²) in [4.78, 5) is 4.25. The van der Waals surface area contributed by atoms with Gasteiger partial charge in [-0.3, -0.25) is 0 Å². The van der Waals surface area contributed by atoms with Gasteiger partial charge in [0, 0.05) is 30.9 Å². The quantitative estimate of drug-likeness (QED) is 0.718. The summed E-state index contributed by atoms with van der Waals surface area (Å²) < 4.78 is 5.40. The maximum Gasteiger partial charge on any atom is 0.0794 e. The van der Waals surface area contributed by atoms with Crippen LogP contribution in [0.4, 0.5) is 0 Å². The molecule has 5 heteroatoms. The molecule has 0 aromatic carbocycles. The fourth-order valence-corrected chi connectivity index (χ4v) is 2.38. The van der Waals surface area contributed by atoms with Crippen molar-refractivity contribution in [2.24, 2.45) is 0 Å². The lowest BCUT2D eigenvalue weighted by Gasteiger charge is -2.23. The lowest BCUT2D eigenvalue weighted by molar-refractivity contribution is 0.0743. The second-order valence-electron chi connectivity index (χ2n) is 3.99. The number of nitrogens with one attached hydrogen (secondary N) is 2. The highest BCUT2D eigenvalue weighted by Crippen LogP contribution is 2.01. The fourth-order valence-electron chi connectivity index (χ4n) is 1.78. The molecule has 4 nitrogen and oxygen atoms in total. The lowest BCUT2D eigenvalue weighted by atomic mass is 10.2. The minimum Gasteiger partial charge on any atom is -0.379 e. The molecule has 1 atom stereocenters. The van der Waals surface area contributed by atoms with Crippen molar-refractivity contribution in [2.45, 2.75) is 18.9 Å². The van der Waals surface area contributed by atoms with Crippen LogP contribution in [-0.2, 0) is 11.2 Å². The van der Waals surface area contributed by atoms with E-state index in [4.69, 9.17) is 4.74 Å². The summed E-state index contributed by atoms with van der Waals surface area (Å²) in [6.07, 6.45) is 2.16. The highest BCUT2D eigenvalue weighted by atomic mass is 32.1. The topological polar surface area (TPSA) is 46.2 Å². The van der Waals surface area contributed by atoms with Crippen molar-refractivity contribution in [3.63, 3.8) is 0 Å². The molecular formula is C11H19N3OS. The fraction of sp³-hybridized carbons (Fsp3) is 0.727. The predicted molar refractivity (Wildman–Crippen MR) is 65.9 cm³/mol. The molecule has 1 aromatic heterocycles. The van der Waals surface area contributed by atoms with Gasteiger partial charge in [-0.1, -0.05) is 0 Å². The zero-order valence-corrected chi connectivity index (χ0v) is 10.3. The second kappa shape index (κ2) is 6.96. The summed E-state index contributed by atoms with van der Waals surface area (Å²) in [7, 11) is 0. The Morgan fingerprint density at radius 1 is 1.56 bits per heavy atom. The summed E-state index contributed by atoms with van der Waals surface area (Å²) in [5.74, 6) is 0. The van der Waals surface area contributed by atoms with Gasteiger partial charge in [0.15, 0.2) is 0 Å². The van der Waals surface area contributed by atoms with E-state index in [9.17, 15) is 0 Å². The number of hydrogen-bond acceptors (Lipinski definition) is 5. The first-order valence-corrected chi connectivity index (χ1v) is 6.78. The van der Waals surface area contributed by atoms with Gasteiger partial charge >= 0.3 is 0 Å². The maximum absolute atomic E-state index is 5.40. The van der Waals surface area contributed by atoms with E-state index in [2.05, 4.69) is 21.0 Å². The molecule has 0 aliphatic carbocycles. The molecule has 2 N–H and O–H groups in total. The largest absolute Gasteiger partial charge is 0.379 e. The smallest absolute Gasteiger partial charge is 0.0794 e. The van der Waals surface area contributed by atoms with E-state index in [1.165, 1.54) is 5.69 Å². The van der Waals surface area contributed by atoms with Crippen molar-refractivity contribution >= 4 is 11.3 Å². The average molecular weight is 241 g/mol. The number of aromatic nitrogens is 1. The van der Waals surface area contributed by atoms with Gasteiger partial charge in [-0.25, -0.2) is 4.98 Å². The zero-order chi connectivity index (χ0) is 11.1. The number of rotatable bonds is 6. The van der Waals surface area contributed by atoms with Crippen molar-refractivity contribution in [3.8, 4) is 0 Å². The van der Waals surface area contributed by atoms with Crippen LogP contribution in [0.15, 0.2) is 10.9 Å². The molecule has 16 heavy (non-hydrogen) atoms. The molecule has 1 aliphatic rings. The molecule has 90 valence electrons. The van der Waals surface area contributed by atoms with Gasteiger partial charge in [-0.2, -0.15) is 0 Å². The van der Waals surface area contributed by atoms with E-state index in [0.717, 1.165) is 45.7 Å². The summed E-state index contributed by atoms with van der Waals surface area (Å²) >= 11 is 1.66. The molecule has 0 spiro atoms. The van der Waals surface area contributed by atoms with Gasteiger partial charge in [-0.05, 0) is 13.0 Å². The highest BCUT2D eigenvalue weighted by Gasteiger charge is 2.11. The molecule has 0 radical (unpaired) electrons. The first kappa shape index (κ1) is 12.0. The normalized spacial score (nSPS) is 21.1. The third kappa shape index (κ3) is 4.17. The van der Waals surface area contributed by atoms with E-state index in [-0.39, 0.29) is 0 Å². The van der Waals surface area contributed by atoms with Crippen LogP contribution in [0, 0.1) is 0 Å². The van der Waals surface area contributed by atoms with Crippen LogP contribution >= 0.6 is 11.3 Å². The third-order valence-electron chi connectivity index (χ3n) is 2.71. The van der Waals surface area contributed by atoms with E-state index in [1.54, 1.807) is 11.3 Å². The van der Waals surface area contributed by atoms with Crippen molar-refractivity contribution in [1.29, 1.82) is 0 Å². The standard InChI is InChI=1S/C11H19N3OS/c1(10-7-15-6-5-13-10)3-12-4-2-11-8-16-9-14-11/h8-10,12-13H,1-7H2. The molecular weight excluding hydrogens is 222 g/mol. The van der Waals surface area contributed by atoms with Crippen molar-refractivity contribution in [3.05, 3.63) is 16.6 Å². The van der Waals surface area contributed by atoms with Crippen molar-refractivity contribution in [1.82, 2.24) is 15.6 Å². The van der Waals surface area contributed by atoms with E-state index >= 15 is 0 Å². The Morgan fingerprint density at radius 2 is 2.56 bits per heavy atom. The van der Waals surface area contributed by atoms with E-state index in [1.807, 2.05) is 5.51 Å². The number of nitrogens with zero attached hydrogens (tertiary/aromatic N) is 1. The van der Waals surface area contributed by atoms with Crippen LogP contribution in [0.25, 0.3) is 0 Å². The average Bonchev–Trinajstić information content (AvgIpc) is 2.83. The van der Waals surface area contributed by atoms with Gasteiger partial charge in [0.05, 0.1) is 24.4 Å². The highest BCUT2D eigenvalue weighted by molar-refractivity contribution is 7.07. The number of morpholine rings is 1. The summed E-state index contributed by atoms with van der Waals surface area (Å²) in [6.45, 7) is 4.76. The molecule has 2 rings (SSSR count). The Hall–Kier alpha value is -0.490. The summed E-state index contributed by atoms with van der Waals surface area (Å²) in [5.41, 5.74) is 3.08. The first-order chi connectivity index (χ1) is 7.95. The van der Waals surface area contributed by atoms with Crippen LogP contribution in [0.5, 0.6) is 0 Å². The lowest BCUT2D eigenvalue weighted by Crippen LogP contribution is -2.42. The Kier molecular flexibility index (Phi) is 5.21. The molecule has 1 aliphatic heterocycles. The van der Waals surface area contributed by atoms with Crippen molar-refractivity contribution < 1.29 is 4.74 Å². The Morgan fingerprint density at radius 3 is 3.31 bits per heavy atom. The molecule has 0 saturated carbocycles. The number of hydrogen-bond donors (Lipinski definition) is 2. The number of ether oxygens (including phenoxy) is 1. The van der Waals surface area contributed by atoms with Gasteiger partial charge in [0.25, 0.3) is 0 Å². The summed E-state index contributed by atoms with van der Waals surface area (Å²) in [6, 6.07) is 0.528. The van der Waals surface area contributed by atoms with Crippen molar-refractivity contribution in [2.75, 3.05) is 32.8 Å². The Balaban J connectivity index is 1.48. The van der Waals surface area contributed by atoms with Crippen LogP contribution in [-0.4, -0.2) is 43.9 Å². The molecule has 0 amide bonds. The maximum atomic E-state index is 5.40. The van der Waals surface area contributed by atoms with Crippen LogP contribution < -0.4 is 10.6 Å².